The molecule has 0 unspecified atom stereocenters. The molecule has 0 aliphatic carbocycles. The molecule has 0 fully saturated rings. The second-order valence-corrected chi connectivity index (χ2v) is 4.54. The van der Waals surface area contributed by atoms with Crippen molar-refractivity contribution in [2.24, 2.45) is 22.9 Å². The Morgan fingerprint density at radius 1 is 0.500 bits per heavy atom. The molecule has 0 atom stereocenters. The summed E-state index contributed by atoms with van der Waals surface area (Å²) in [6, 6.07) is 0. The van der Waals surface area contributed by atoms with Gasteiger partial charge in [-0.1, -0.05) is 0 Å². The van der Waals surface area contributed by atoms with Gasteiger partial charge < -0.3 is 0 Å². The van der Waals surface area contributed by atoms with Crippen LogP contribution in [0.25, 0.3) is 0 Å². The van der Waals surface area contributed by atoms with Crippen LogP contribution in [0.2, 0.25) is 0 Å². The predicted molar refractivity (Wildman–Crippen MR) is 38.3 cm³/mol. The number of amides is 4. The van der Waals surface area contributed by atoms with Crippen LogP contribution in [0.15, 0.2) is 0 Å². The maximum atomic E-state index is 9.22. The monoisotopic (exact) mass is 368 g/mol. The Morgan fingerprint density at radius 3 is 0.500 bits per heavy atom. The van der Waals surface area contributed by atoms with Crippen molar-refractivity contribution in [3.63, 3.8) is 0 Å². The fourth-order valence-corrected chi connectivity index (χ4v) is 0. The second-order valence-electron chi connectivity index (χ2n) is 1.46. The van der Waals surface area contributed by atoms with Gasteiger partial charge in [0.25, 0.3) is 0 Å². The van der Waals surface area contributed by atoms with Crippen molar-refractivity contribution in [2.45, 2.75) is 0 Å². The number of primary amides is 4. The molecule has 0 aromatic carbocycles. The molecular weight excluding hydrogens is 360 g/mol. The summed E-state index contributed by atoms with van der Waals surface area (Å²) < 4.78 is -1.33. The molecule has 0 radical (unpaired) electrons. The van der Waals surface area contributed by atoms with E-state index in [1.165, 1.54) is 81.7 Å². The Kier molecular flexibility index (Phi) is 33.6. The van der Waals surface area contributed by atoms with Crippen LogP contribution in [0.5, 0.6) is 0 Å². The molecule has 84 valence electrons. The zero-order chi connectivity index (χ0) is 14.3. The Hall–Kier alpha value is 0.737. The fraction of sp³-hybridized carbons (Fsp3) is 0. The quantitative estimate of drug-likeness (QED) is 0.380. The van der Waals surface area contributed by atoms with Crippen molar-refractivity contribution >= 4 is 16.8 Å². The first-order valence-corrected chi connectivity index (χ1v) is 6.09. The van der Waals surface area contributed by atoms with E-state index in [0.29, 0.717) is 0 Å². The number of hydrogen-bond donors (Lipinski definition) is 4. The summed E-state index contributed by atoms with van der Waals surface area (Å²) in [5, 5.41) is 0. The van der Waals surface area contributed by atoms with Gasteiger partial charge in [0, 0.05) is 0 Å². The molecule has 0 aromatic rings. The third-order valence-corrected chi connectivity index (χ3v) is 0. The summed E-state index contributed by atoms with van der Waals surface area (Å²) in [4.78, 5) is 36.9. The maximum absolute atomic E-state index is 9.22. The van der Waals surface area contributed by atoms with Gasteiger partial charge in [0.2, 0.25) is 0 Å². The normalized spacial score (nSPS) is 5.75. The molecule has 0 heterocycles. The Labute approximate surface area is 139 Å². The van der Waals surface area contributed by atoms with E-state index in [-0.39, 0.29) is 16.8 Å². The number of hydrogen-bond acceptors (Lipinski definition) is 4. The summed E-state index contributed by atoms with van der Waals surface area (Å²) in [6.07, 6.45) is 0. The van der Waals surface area contributed by atoms with E-state index in [1.54, 1.807) is 0 Å². The molecule has 8 nitrogen and oxygen atoms in total. The van der Waals surface area contributed by atoms with Crippen molar-refractivity contribution in [2.75, 3.05) is 0 Å². The molecule has 0 aliphatic heterocycles. The minimum absolute atomic E-state index is 0.333. The van der Waals surface area contributed by atoms with Gasteiger partial charge in [0.15, 0.2) is 0 Å². The van der Waals surface area contributed by atoms with E-state index < -0.39 is 0 Å². The summed E-state index contributed by atoms with van der Waals surface area (Å²) in [5.74, 6) is 0. The van der Waals surface area contributed by atoms with Gasteiger partial charge in [-0.05, 0) is 0 Å². The van der Waals surface area contributed by atoms with Gasteiger partial charge in [0.05, 0.1) is 0 Å². The van der Waals surface area contributed by atoms with Crippen molar-refractivity contribution in [1.82, 2.24) is 0 Å². The summed E-state index contributed by atoms with van der Waals surface area (Å²) >= 11 is 5.22. The average Bonchev–Trinajstić information content (AvgIpc) is 1.76. The zero-order valence-electron chi connectivity index (χ0n) is 7.94. The fourth-order valence-electron chi connectivity index (χ4n) is 0. The summed E-state index contributed by atoms with van der Waals surface area (Å²) in [5.41, 5.74) is 17.9. The van der Waals surface area contributed by atoms with Crippen LogP contribution < -0.4 is 22.9 Å². The van der Waals surface area contributed by atoms with Crippen molar-refractivity contribution < 1.29 is 101 Å². The van der Waals surface area contributed by atoms with Crippen LogP contribution in [0.4, 0.5) is 19.2 Å². The average molecular weight is 368 g/mol. The van der Waals surface area contributed by atoms with Gasteiger partial charge >= 0.3 is 141 Å². The Balaban J connectivity index is -0.0000000600. The molecule has 0 saturated heterocycles. The Morgan fingerprint density at radius 2 is 0.500 bits per heavy atom. The van der Waals surface area contributed by atoms with E-state index in [9.17, 15) is 19.2 Å². The first-order chi connectivity index (χ1) is 6.93. The van der Waals surface area contributed by atoms with Crippen molar-refractivity contribution in [1.29, 1.82) is 0 Å². The topological polar surface area (TPSA) is 172 Å². The van der Waals surface area contributed by atoms with E-state index in [2.05, 4.69) is 22.9 Å². The van der Waals surface area contributed by atoms with Gasteiger partial charge in [-0.25, -0.2) is 0 Å². The molecule has 8 N–H and O–H groups in total. The zero-order valence-corrected chi connectivity index (χ0v) is 14.2. The molecule has 0 aromatic heterocycles. The predicted octanol–water partition coefficient (Wildman–Crippen LogP) is -1.55. The van der Waals surface area contributed by atoms with Crippen LogP contribution in [-0.2, 0) is 81.7 Å². The van der Waals surface area contributed by atoms with Gasteiger partial charge in [-0.15, -0.1) is 0 Å². The molecular formula is C4H8N4O4Ti4. The first-order valence-electron chi connectivity index (χ1n) is 2.97. The van der Waals surface area contributed by atoms with E-state index >= 15 is 0 Å². The third kappa shape index (κ3) is 5120. The van der Waals surface area contributed by atoms with Crippen LogP contribution in [-0.4, -0.2) is 16.8 Å². The van der Waals surface area contributed by atoms with Gasteiger partial charge in [-0.3, -0.25) is 0 Å². The molecule has 16 heavy (non-hydrogen) atoms. The number of carbonyl (C=O) groups excluding carboxylic acids is 4. The number of rotatable bonds is 0. The first kappa shape index (κ1) is 25.5. The third-order valence-electron chi connectivity index (χ3n) is 0. The van der Waals surface area contributed by atoms with Crippen LogP contribution in [0.1, 0.15) is 0 Å². The Bertz CT molecular complexity index is 172. The SMILES string of the molecule is N[C](=O)[Ti].N[C](=O)[Ti].N[C](=O)[Ti].N[C](=O)[Ti]. The van der Waals surface area contributed by atoms with Gasteiger partial charge in [0.1, 0.15) is 0 Å². The van der Waals surface area contributed by atoms with E-state index in [1.807, 2.05) is 0 Å². The number of carbonyl (C=O) groups is 4. The van der Waals surface area contributed by atoms with Crippen molar-refractivity contribution in [3.8, 4) is 0 Å². The van der Waals surface area contributed by atoms with E-state index in [4.69, 9.17) is 0 Å². The molecule has 12 heteroatoms. The molecule has 0 aliphatic rings. The molecule has 0 saturated carbocycles. The molecule has 0 rings (SSSR count). The van der Waals surface area contributed by atoms with E-state index in [0.717, 1.165) is 0 Å². The van der Waals surface area contributed by atoms with Crippen LogP contribution in [0, 0.1) is 0 Å². The molecule has 4 amide bonds. The minimum atomic E-state index is -0.333. The standard InChI is InChI=1S/4CH2NO.4Ti/c4*2-1-3;;;;/h4*(H2,2,3);;;;. The van der Waals surface area contributed by atoms with Crippen molar-refractivity contribution in [3.05, 3.63) is 0 Å². The summed E-state index contributed by atoms with van der Waals surface area (Å²) in [6.45, 7) is 0. The number of nitrogens with two attached hydrogens (primary N) is 4. The molecule has 0 spiro atoms. The molecule has 0 bridgehead atoms. The van der Waals surface area contributed by atoms with Crippen LogP contribution in [0.3, 0.4) is 0 Å². The second kappa shape index (κ2) is 21.1. The summed E-state index contributed by atoms with van der Waals surface area (Å²) in [7, 11) is 0. The van der Waals surface area contributed by atoms with Gasteiger partial charge in [-0.2, -0.15) is 0 Å². The van der Waals surface area contributed by atoms with Crippen LogP contribution >= 0.6 is 0 Å².